The first-order valence-corrected chi connectivity index (χ1v) is 7.23. The van der Waals surface area contributed by atoms with Crippen LogP contribution in [0, 0.1) is 11.3 Å². The van der Waals surface area contributed by atoms with E-state index < -0.39 is 5.54 Å². The summed E-state index contributed by atoms with van der Waals surface area (Å²) < 4.78 is 0. The highest BCUT2D eigenvalue weighted by Crippen LogP contribution is 2.22. The predicted molar refractivity (Wildman–Crippen MR) is 81.1 cm³/mol. The first-order valence-electron chi connectivity index (χ1n) is 7.23. The largest absolute Gasteiger partial charge is 0.310 e. The van der Waals surface area contributed by atoms with Crippen LogP contribution in [0.5, 0.6) is 0 Å². The van der Waals surface area contributed by atoms with Gasteiger partial charge >= 0.3 is 0 Å². The number of hydrogen-bond acceptors (Lipinski definition) is 4. The van der Waals surface area contributed by atoms with E-state index in [-0.39, 0.29) is 0 Å². The van der Waals surface area contributed by atoms with Crippen LogP contribution in [0.3, 0.4) is 0 Å². The lowest BCUT2D eigenvalue weighted by molar-refractivity contribution is 0.101. The first kappa shape index (κ1) is 15.0. The Morgan fingerprint density at radius 3 is 2.65 bits per heavy atom. The molecule has 1 aliphatic heterocycles. The van der Waals surface area contributed by atoms with Crippen LogP contribution in [-0.4, -0.2) is 49.1 Å². The lowest BCUT2D eigenvalue weighted by Crippen LogP contribution is -2.51. The van der Waals surface area contributed by atoms with E-state index in [0.29, 0.717) is 12.5 Å². The maximum absolute atomic E-state index is 9.46. The van der Waals surface area contributed by atoms with Crippen LogP contribution in [0.1, 0.15) is 18.9 Å². The Labute approximate surface area is 121 Å². The highest BCUT2D eigenvalue weighted by Gasteiger charge is 2.29. The number of nitriles is 1. The van der Waals surface area contributed by atoms with E-state index in [1.54, 1.807) is 0 Å². The zero-order valence-corrected chi connectivity index (χ0v) is 12.4. The highest BCUT2D eigenvalue weighted by molar-refractivity contribution is 5.30. The lowest BCUT2D eigenvalue weighted by atomic mass is 9.89. The van der Waals surface area contributed by atoms with Crippen molar-refractivity contribution < 1.29 is 0 Å². The maximum atomic E-state index is 9.46. The normalized spacial score (nSPS) is 24.0. The summed E-state index contributed by atoms with van der Waals surface area (Å²) in [6.07, 6.45) is 0.671. The van der Waals surface area contributed by atoms with Crippen molar-refractivity contribution in [3.05, 3.63) is 35.9 Å². The molecular formula is C16H24N4. The summed E-state index contributed by atoms with van der Waals surface area (Å²) in [6.45, 7) is 6.29. The fourth-order valence-electron chi connectivity index (χ4n) is 2.66. The molecule has 4 nitrogen and oxygen atoms in total. The molecule has 1 saturated heterocycles. The summed E-state index contributed by atoms with van der Waals surface area (Å²) in [5, 5.41) is 9.46. The molecule has 2 rings (SSSR count). The van der Waals surface area contributed by atoms with Gasteiger partial charge in [0.25, 0.3) is 0 Å². The minimum absolute atomic E-state index is 0.565. The molecule has 2 atom stereocenters. The van der Waals surface area contributed by atoms with Gasteiger partial charge in [-0.1, -0.05) is 30.3 Å². The van der Waals surface area contributed by atoms with Crippen molar-refractivity contribution in [2.75, 3.05) is 33.2 Å². The fraction of sp³-hybridized carbons (Fsp3) is 0.562. The Hall–Kier alpha value is -1.41. The van der Waals surface area contributed by atoms with Gasteiger partial charge in [-0.15, -0.1) is 0 Å². The quantitative estimate of drug-likeness (QED) is 0.900. The summed E-state index contributed by atoms with van der Waals surface area (Å²) in [5.74, 6) is 0. The molecule has 0 bridgehead atoms. The van der Waals surface area contributed by atoms with Gasteiger partial charge in [0.1, 0.15) is 5.54 Å². The topological polar surface area (TPSA) is 56.3 Å². The van der Waals surface area contributed by atoms with Gasteiger partial charge in [0.15, 0.2) is 0 Å². The summed E-state index contributed by atoms with van der Waals surface area (Å²) in [5.41, 5.74) is 6.33. The summed E-state index contributed by atoms with van der Waals surface area (Å²) >= 11 is 0. The number of piperazine rings is 1. The SMILES string of the molecule is CC1CN(CCC(N)(C#N)c2ccccc2)CCN1C. The van der Waals surface area contributed by atoms with Crippen LogP contribution in [-0.2, 0) is 5.54 Å². The second-order valence-electron chi connectivity index (χ2n) is 5.83. The minimum Gasteiger partial charge on any atom is -0.310 e. The van der Waals surface area contributed by atoms with Crippen LogP contribution >= 0.6 is 0 Å². The summed E-state index contributed by atoms with van der Waals surface area (Å²) in [4.78, 5) is 4.78. The zero-order chi connectivity index (χ0) is 14.6. The molecule has 20 heavy (non-hydrogen) atoms. The standard InChI is InChI=1S/C16H24N4/c1-14-12-20(11-10-19(14)2)9-8-16(18,13-17)15-6-4-3-5-7-15/h3-7,14H,8-12,18H2,1-2H3. The number of rotatable bonds is 4. The van der Waals surface area contributed by atoms with Gasteiger partial charge in [0, 0.05) is 32.2 Å². The smallest absolute Gasteiger partial charge is 0.131 e. The molecule has 0 spiro atoms. The van der Waals surface area contributed by atoms with Gasteiger partial charge in [-0.25, -0.2) is 0 Å². The second-order valence-corrected chi connectivity index (χ2v) is 5.83. The molecule has 1 heterocycles. The zero-order valence-electron chi connectivity index (χ0n) is 12.4. The van der Waals surface area contributed by atoms with Crippen LogP contribution in [0.4, 0.5) is 0 Å². The predicted octanol–water partition coefficient (Wildman–Crippen LogP) is 1.39. The number of likely N-dealkylation sites (N-methyl/N-ethyl adjacent to an activating group) is 1. The molecule has 0 amide bonds. The molecular weight excluding hydrogens is 248 g/mol. The van der Waals surface area contributed by atoms with E-state index in [1.165, 1.54) is 0 Å². The Balaban J connectivity index is 1.97. The number of benzene rings is 1. The molecule has 1 aromatic carbocycles. The van der Waals surface area contributed by atoms with Crippen molar-refractivity contribution in [1.82, 2.24) is 9.80 Å². The van der Waals surface area contributed by atoms with Crippen molar-refractivity contribution in [3.8, 4) is 6.07 Å². The van der Waals surface area contributed by atoms with Crippen LogP contribution < -0.4 is 5.73 Å². The van der Waals surface area contributed by atoms with Gasteiger partial charge in [-0.2, -0.15) is 5.26 Å². The van der Waals surface area contributed by atoms with Crippen molar-refractivity contribution in [3.63, 3.8) is 0 Å². The van der Waals surface area contributed by atoms with Crippen LogP contribution in [0.2, 0.25) is 0 Å². The van der Waals surface area contributed by atoms with E-state index in [4.69, 9.17) is 5.73 Å². The van der Waals surface area contributed by atoms with Crippen molar-refractivity contribution in [2.24, 2.45) is 5.73 Å². The van der Waals surface area contributed by atoms with Gasteiger partial charge in [0.05, 0.1) is 6.07 Å². The van der Waals surface area contributed by atoms with Gasteiger partial charge in [-0.3, -0.25) is 0 Å². The van der Waals surface area contributed by atoms with Crippen LogP contribution in [0.15, 0.2) is 30.3 Å². The van der Waals surface area contributed by atoms with Gasteiger partial charge < -0.3 is 15.5 Å². The molecule has 0 radical (unpaired) electrons. The Kier molecular flexibility index (Phi) is 4.77. The molecule has 1 aromatic rings. The molecule has 1 fully saturated rings. The second kappa shape index (κ2) is 6.36. The van der Waals surface area contributed by atoms with E-state index >= 15 is 0 Å². The van der Waals surface area contributed by atoms with Crippen LogP contribution in [0.25, 0.3) is 0 Å². The Morgan fingerprint density at radius 1 is 1.35 bits per heavy atom. The monoisotopic (exact) mass is 272 g/mol. The average Bonchev–Trinajstić information content (AvgIpc) is 2.49. The molecule has 2 unspecified atom stereocenters. The molecule has 2 N–H and O–H groups in total. The molecule has 0 aliphatic carbocycles. The third kappa shape index (κ3) is 3.37. The first-order chi connectivity index (χ1) is 9.55. The van der Waals surface area contributed by atoms with E-state index in [1.807, 2.05) is 30.3 Å². The molecule has 0 saturated carbocycles. The maximum Gasteiger partial charge on any atom is 0.131 e. The summed E-state index contributed by atoms with van der Waals surface area (Å²) in [7, 11) is 2.16. The molecule has 108 valence electrons. The van der Waals surface area contributed by atoms with Crippen molar-refractivity contribution >= 4 is 0 Å². The fourth-order valence-corrected chi connectivity index (χ4v) is 2.66. The average molecular weight is 272 g/mol. The number of nitrogens with two attached hydrogens (primary N) is 1. The summed E-state index contributed by atoms with van der Waals surface area (Å²) in [6, 6.07) is 12.6. The Morgan fingerprint density at radius 2 is 2.05 bits per heavy atom. The van der Waals surface area contributed by atoms with E-state index in [9.17, 15) is 5.26 Å². The molecule has 4 heteroatoms. The number of hydrogen-bond donors (Lipinski definition) is 1. The third-order valence-electron chi connectivity index (χ3n) is 4.35. The van der Waals surface area contributed by atoms with E-state index in [0.717, 1.165) is 31.7 Å². The van der Waals surface area contributed by atoms with Gasteiger partial charge in [0.2, 0.25) is 0 Å². The van der Waals surface area contributed by atoms with E-state index in [2.05, 4.69) is 29.8 Å². The van der Waals surface area contributed by atoms with Crippen molar-refractivity contribution in [2.45, 2.75) is 24.9 Å². The molecule has 0 aromatic heterocycles. The van der Waals surface area contributed by atoms with Crippen molar-refractivity contribution in [1.29, 1.82) is 5.26 Å². The molecule has 1 aliphatic rings. The number of nitrogens with zero attached hydrogens (tertiary/aromatic N) is 3. The highest BCUT2D eigenvalue weighted by atomic mass is 15.3. The van der Waals surface area contributed by atoms with Gasteiger partial charge in [-0.05, 0) is 26.0 Å². The minimum atomic E-state index is -0.881. The lowest BCUT2D eigenvalue weighted by Gasteiger charge is -2.38. The third-order valence-corrected chi connectivity index (χ3v) is 4.35. The Bertz CT molecular complexity index is 467.